The van der Waals surface area contributed by atoms with Crippen molar-refractivity contribution in [3.63, 3.8) is 0 Å². The number of carbonyl (C=O) groups is 1. The van der Waals surface area contributed by atoms with Crippen LogP contribution < -0.4 is 5.73 Å². The third-order valence-electron chi connectivity index (χ3n) is 2.20. The predicted octanol–water partition coefficient (Wildman–Crippen LogP) is 1.32. The largest absolute Gasteiger partial charge is 0.481 e. The summed E-state index contributed by atoms with van der Waals surface area (Å²) < 4.78 is 0. The third kappa shape index (κ3) is 3.19. The molecule has 0 saturated heterocycles. The average Bonchev–Trinajstić information content (AvgIpc) is 1.79. The van der Waals surface area contributed by atoms with Crippen molar-refractivity contribution in [2.24, 2.45) is 11.7 Å². The zero-order valence-electron chi connectivity index (χ0n) is 8.12. The molecule has 1 rings (SSSR count). The highest BCUT2D eigenvalue weighted by Crippen LogP contribution is 2.38. The highest BCUT2D eigenvalue weighted by Gasteiger charge is 2.37. The van der Waals surface area contributed by atoms with Crippen LogP contribution in [0.5, 0.6) is 0 Å². The summed E-state index contributed by atoms with van der Waals surface area (Å²) in [5, 5.41) is 9.08. The summed E-state index contributed by atoms with van der Waals surface area (Å²) in [4.78, 5) is 10.7. The van der Waals surface area contributed by atoms with Gasteiger partial charge in [0, 0.05) is 16.5 Å². The fourth-order valence-electron chi connectivity index (χ4n) is 1.27. The van der Waals surface area contributed by atoms with Gasteiger partial charge in [0.1, 0.15) is 0 Å². The highest BCUT2D eigenvalue weighted by atomic mass is 32.2. The molecule has 2 atom stereocenters. The van der Waals surface area contributed by atoms with Gasteiger partial charge in [-0.15, -0.1) is 0 Å². The highest BCUT2D eigenvalue weighted by molar-refractivity contribution is 8.00. The van der Waals surface area contributed by atoms with E-state index in [0.717, 1.165) is 18.6 Å². The van der Waals surface area contributed by atoms with Gasteiger partial charge in [-0.1, -0.05) is 0 Å². The van der Waals surface area contributed by atoms with Gasteiger partial charge in [-0.05, 0) is 26.7 Å². The van der Waals surface area contributed by atoms with E-state index in [9.17, 15) is 4.79 Å². The first-order chi connectivity index (χ1) is 5.90. The molecule has 0 aromatic rings. The van der Waals surface area contributed by atoms with Gasteiger partial charge in [-0.3, -0.25) is 4.79 Å². The molecule has 1 aliphatic rings. The molecule has 0 aromatic carbocycles. The van der Waals surface area contributed by atoms with Crippen molar-refractivity contribution < 1.29 is 9.90 Å². The number of nitrogens with two attached hydrogens (primary N) is 1. The lowest BCUT2D eigenvalue weighted by molar-refractivity contribution is -0.144. The minimum Gasteiger partial charge on any atom is -0.481 e. The van der Waals surface area contributed by atoms with E-state index in [-0.39, 0.29) is 11.5 Å². The van der Waals surface area contributed by atoms with Crippen molar-refractivity contribution in [1.29, 1.82) is 0 Å². The van der Waals surface area contributed by atoms with Crippen molar-refractivity contribution in [3.05, 3.63) is 0 Å². The van der Waals surface area contributed by atoms with E-state index in [1.807, 2.05) is 13.8 Å². The van der Waals surface area contributed by atoms with Crippen LogP contribution in [0.25, 0.3) is 0 Å². The van der Waals surface area contributed by atoms with Gasteiger partial charge in [-0.25, -0.2) is 0 Å². The smallest absolute Gasteiger partial charge is 0.307 e. The van der Waals surface area contributed by atoms with E-state index in [1.165, 1.54) is 0 Å². The Morgan fingerprint density at radius 2 is 2.23 bits per heavy atom. The number of hydrogen-bond acceptors (Lipinski definition) is 3. The van der Waals surface area contributed by atoms with Gasteiger partial charge in [-0.2, -0.15) is 11.8 Å². The van der Waals surface area contributed by atoms with Gasteiger partial charge in [0.15, 0.2) is 0 Å². The van der Waals surface area contributed by atoms with Gasteiger partial charge in [0.25, 0.3) is 0 Å². The van der Waals surface area contributed by atoms with Crippen LogP contribution in [-0.2, 0) is 4.79 Å². The van der Waals surface area contributed by atoms with E-state index in [0.29, 0.717) is 5.25 Å². The molecule has 3 N–H and O–H groups in total. The number of rotatable bonds is 4. The van der Waals surface area contributed by atoms with Crippen LogP contribution in [0.4, 0.5) is 0 Å². The van der Waals surface area contributed by atoms with E-state index >= 15 is 0 Å². The van der Waals surface area contributed by atoms with Crippen LogP contribution in [0.1, 0.15) is 26.7 Å². The lowest BCUT2D eigenvalue weighted by Gasteiger charge is -2.34. The molecule has 0 aliphatic heterocycles. The topological polar surface area (TPSA) is 63.3 Å². The first-order valence-electron chi connectivity index (χ1n) is 4.53. The lowest BCUT2D eigenvalue weighted by Crippen LogP contribution is -2.40. The lowest BCUT2D eigenvalue weighted by atomic mass is 9.85. The fraction of sp³-hybridized carbons (Fsp3) is 0.889. The molecule has 0 radical (unpaired) electrons. The summed E-state index contributed by atoms with van der Waals surface area (Å²) in [7, 11) is 0. The second-order valence-electron chi connectivity index (χ2n) is 4.36. The summed E-state index contributed by atoms with van der Waals surface area (Å²) in [5.74, 6) is 0.0486. The summed E-state index contributed by atoms with van der Waals surface area (Å²) >= 11 is 1.70. The average molecular weight is 203 g/mol. The number of hydrogen-bond donors (Lipinski definition) is 2. The van der Waals surface area contributed by atoms with Crippen molar-refractivity contribution >= 4 is 17.7 Å². The first-order valence-corrected chi connectivity index (χ1v) is 5.58. The van der Waals surface area contributed by atoms with Crippen LogP contribution in [-0.4, -0.2) is 27.6 Å². The molecule has 4 heteroatoms. The van der Waals surface area contributed by atoms with E-state index < -0.39 is 5.97 Å². The normalized spacial score (nSPS) is 28.2. The Bertz CT molecular complexity index is 200. The molecule has 0 aromatic heterocycles. The summed E-state index contributed by atoms with van der Waals surface area (Å²) in [6.45, 7) is 3.93. The molecule has 1 aliphatic carbocycles. The Morgan fingerprint density at radius 3 is 2.54 bits per heavy atom. The van der Waals surface area contributed by atoms with E-state index in [1.54, 1.807) is 11.8 Å². The van der Waals surface area contributed by atoms with Gasteiger partial charge in [0.05, 0.1) is 5.92 Å². The Balaban J connectivity index is 2.27. The molecule has 1 saturated carbocycles. The first kappa shape index (κ1) is 10.9. The van der Waals surface area contributed by atoms with Crippen molar-refractivity contribution in [1.82, 2.24) is 0 Å². The Morgan fingerprint density at radius 1 is 1.62 bits per heavy atom. The Labute approximate surface area is 83.1 Å². The molecule has 0 bridgehead atoms. The maximum Gasteiger partial charge on any atom is 0.307 e. The van der Waals surface area contributed by atoms with Gasteiger partial charge in [0.2, 0.25) is 0 Å². The minimum absolute atomic E-state index is 0.132. The molecule has 0 spiro atoms. The van der Waals surface area contributed by atoms with E-state index in [2.05, 4.69) is 0 Å². The molecule has 0 heterocycles. The van der Waals surface area contributed by atoms with Crippen molar-refractivity contribution in [2.45, 2.75) is 37.5 Å². The second-order valence-corrected chi connectivity index (χ2v) is 5.59. The number of carboxylic acids is 1. The summed E-state index contributed by atoms with van der Waals surface area (Å²) in [6.07, 6.45) is 1.86. The number of carboxylic acid groups (broad SMARTS) is 1. The predicted molar refractivity (Wildman–Crippen MR) is 54.9 cm³/mol. The number of thioether (sulfide) groups is 1. The third-order valence-corrected chi connectivity index (χ3v) is 4.10. The molecule has 3 nitrogen and oxygen atoms in total. The second kappa shape index (κ2) is 3.88. The SMILES string of the molecule is CC(C)(N)CSC1CCC1C(=O)O. The molecule has 0 amide bonds. The molecule has 1 fully saturated rings. The molecule has 2 unspecified atom stereocenters. The van der Waals surface area contributed by atoms with E-state index in [4.69, 9.17) is 10.8 Å². The van der Waals surface area contributed by atoms with Crippen LogP contribution in [0.15, 0.2) is 0 Å². The monoisotopic (exact) mass is 203 g/mol. The van der Waals surface area contributed by atoms with Crippen LogP contribution in [0.2, 0.25) is 0 Å². The molecular formula is C9H17NO2S. The zero-order chi connectivity index (χ0) is 10.1. The standard InChI is InChI=1S/C9H17NO2S/c1-9(2,10)5-13-7-4-3-6(7)8(11)12/h6-7H,3-5,10H2,1-2H3,(H,11,12). The van der Waals surface area contributed by atoms with Crippen LogP contribution in [0, 0.1) is 5.92 Å². The number of aliphatic carboxylic acids is 1. The van der Waals surface area contributed by atoms with Crippen LogP contribution >= 0.6 is 11.8 Å². The maximum atomic E-state index is 10.7. The Kier molecular flexibility index (Phi) is 3.24. The van der Waals surface area contributed by atoms with Crippen LogP contribution in [0.3, 0.4) is 0 Å². The Hall–Kier alpha value is -0.220. The summed E-state index contributed by atoms with van der Waals surface area (Å²) in [5.41, 5.74) is 5.62. The fourth-order valence-corrected chi connectivity index (χ4v) is 2.70. The van der Waals surface area contributed by atoms with Crippen molar-refractivity contribution in [3.8, 4) is 0 Å². The zero-order valence-corrected chi connectivity index (χ0v) is 8.93. The van der Waals surface area contributed by atoms with Gasteiger partial charge >= 0.3 is 5.97 Å². The molecule has 76 valence electrons. The molecular weight excluding hydrogens is 186 g/mol. The van der Waals surface area contributed by atoms with Crippen molar-refractivity contribution in [2.75, 3.05) is 5.75 Å². The minimum atomic E-state index is -0.654. The molecule has 13 heavy (non-hydrogen) atoms. The van der Waals surface area contributed by atoms with Gasteiger partial charge < -0.3 is 10.8 Å². The maximum absolute atomic E-state index is 10.7. The quantitative estimate of drug-likeness (QED) is 0.723. The summed E-state index contributed by atoms with van der Waals surface area (Å²) in [6, 6.07) is 0.